The van der Waals surface area contributed by atoms with Crippen LogP contribution in [0.5, 0.6) is 0 Å². The van der Waals surface area contributed by atoms with E-state index >= 15 is 0 Å². The molecule has 1 unspecified atom stereocenters. The number of carbonyl (C=O) groups excluding carboxylic acids is 2. The molecular weight excluding hydrogens is 294 g/mol. The molecule has 1 atom stereocenters. The molecule has 1 aliphatic heterocycles. The molecule has 7 nitrogen and oxygen atoms in total. The molecule has 1 heterocycles. The number of primary sulfonamides is 1. The van der Waals surface area contributed by atoms with E-state index in [0.29, 0.717) is 31.5 Å². The van der Waals surface area contributed by atoms with Gasteiger partial charge in [0.05, 0.1) is 4.90 Å². The van der Waals surface area contributed by atoms with Crippen LogP contribution in [0.15, 0.2) is 29.2 Å². The maximum atomic E-state index is 11.7. The van der Waals surface area contributed by atoms with E-state index in [2.05, 4.69) is 0 Å². The minimum absolute atomic E-state index is 0.0247. The van der Waals surface area contributed by atoms with Gasteiger partial charge in [-0.15, -0.1) is 0 Å². The number of benzene rings is 1. The molecule has 4 N–H and O–H groups in total. The summed E-state index contributed by atoms with van der Waals surface area (Å²) in [6.07, 6.45) is 0.776. The smallest absolute Gasteiger partial charge is 0.239 e. The number of ketones is 1. The maximum absolute atomic E-state index is 11.7. The first-order chi connectivity index (χ1) is 9.79. The van der Waals surface area contributed by atoms with Gasteiger partial charge in [-0.25, -0.2) is 13.6 Å². The lowest BCUT2D eigenvalue weighted by Crippen LogP contribution is -2.42. The van der Waals surface area contributed by atoms with Gasteiger partial charge in [0.1, 0.15) is 11.8 Å². The van der Waals surface area contributed by atoms with Gasteiger partial charge in [-0.2, -0.15) is 0 Å². The number of hydrogen-bond acceptors (Lipinski definition) is 5. The molecule has 1 amide bonds. The Bertz CT molecular complexity index is 644. The predicted molar refractivity (Wildman–Crippen MR) is 75.6 cm³/mol. The zero-order chi connectivity index (χ0) is 15.6. The highest BCUT2D eigenvalue weighted by Gasteiger charge is 2.29. The number of sulfonamides is 1. The average Bonchev–Trinajstić information content (AvgIpc) is 2.40. The first-order valence-electron chi connectivity index (χ1n) is 6.47. The molecule has 0 aliphatic carbocycles. The third kappa shape index (κ3) is 3.66. The van der Waals surface area contributed by atoms with Gasteiger partial charge in [0.2, 0.25) is 15.9 Å². The summed E-state index contributed by atoms with van der Waals surface area (Å²) in [4.78, 5) is 24.8. The van der Waals surface area contributed by atoms with Crippen molar-refractivity contribution in [2.75, 3.05) is 13.1 Å². The number of likely N-dealkylation sites (tertiary alicyclic amines) is 1. The van der Waals surface area contributed by atoms with Gasteiger partial charge < -0.3 is 5.73 Å². The van der Waals surface area contributed by atoms with Crippen LogP contribution in [0.2, 0.25) is 0 Å². The van der Waals surface area contributed by atoms with E-state index in [1.807, 2.05) is 4.90 Å². The lowest BCUT2D eigenvalue weighted by atomic mass is 10.0. The highest BCUT2D eigenvalue weighted by molar-refractivity contribution is 7.89. The van der Waals surface area contributed by atoms with E-state index in [-0.39, 0.29) is 10.7 Å². The zero-order valence-corrected chi connectivity index (χ0v) is 12.2. The van der Waals surface area contributed by atoms with Crippen LogP contribution in [0.3, 0.4) is 0 Å². The average molecular weight is 311 g/mol. The van der Waals surface area contributed by atoms with E-state index in [1.165, 1.54) is 24.3 Å². The molecule has 1 fully saturated rings. The molecule has 0 aromatic heterocycles. The molecule has 0 radical (unpaired) electrons. The van der Waals surface area contributed by atoms with Crippen LogP contribution in [-0.4, -0.2) is 38.1 Å². The summed E-state index contributed by atoms with van der Waals surface area (Å²) in [5.74, 6) is -0.369. The van der Waals surface area contributed by atoms with E-state index in [9.17, 15) is 18.0 Å². The van der Waals surface area contributed by atoms with Crippen molar-refractivity contribution in [3.05, 3.63) is 29.8 Å². The molecule has 1 aliphatic rings. The van der Waals surface area contributed by atoms with Crippen molar-refractivity contribution in [2.45, 2.75) is 23.8 Å². The summed E-state index contributed by atoms with van der Waals surface area (Å²) in [7, 11) is -3.77. The maximum Gasteiger partial charge on any atom is 0.239 e. The number of piperidine rings is 1. The second-order valence-electron chi connectivity index (χ2n) is 4.99. The lowest BCUT2D eigenvalue weighted by Gasteiger charge is -2.32. The van der Waals surface area contributed by atoms with Crippen LogP contribution in [0.1, 0.15) is 24.4 Å². The van der Waals surface area contributed by atoms with Gasteiger partial charge >= 0.3 is 0 Å². The third-order valence-electron chi connectivity index (χ3n) is 3.51. The Morgan fingerprint density at radius 1 is 1.14 bits per heavy atom. The van der Waals surface area contributed by atoms with Gasteiger partial charge in [-0.1, -0.05) is 12.1 Å². The number of Topliss-reactive ketones (excluding diaryl/α,β-unsaturated/α-hetero) is 1. The number of nitrogens with zero attached hydrogens (tertiary/aromatic N) is 1. The van der Waals surface area contributed by atoms with Crippen LogP contribution < -0.4 is 10.9 Å². The molecular formula is C13H17N3O4S. The highest BCUT2D eigenvalue weighted by atomic mass is 32.2. The van der Waals surface area contributed by atoms with Gasteiger partial charge in [0.25, 0.3) is 0 Å². The topological polar surface area (TPSA) is 124 Å². The van der Waals surface area contributed by atoms with Crippen molar-refractivity contribution in [1.82, 2.24) is 4.90 Å². The Labute approximate surface area is 123 Å². The molecule has 2 rings (SSSR count). The van der Waals surface area contributed by atoms with Crippen molar-refractivity contribution in [1.29, 1.82) is 0 Å². The molecule has 1 saturated heterocycles. The lowest BCUT2D eigenvalue weighted by molar-refractivity contribution is -0.128. The Morgan fingerprint density at radius 3 is 2.10 bits per heavy atom. The van der Waals surface area contributed by atoms with Gasteiger partial charge in [0.15, 0.2) is 0 Å². The summed E-state index contributed by atoms with van der Waals surface area (Å²) in [6, 6.07) is 5.05. The minimum Gasteiger partial charge on any atom is -0.368 e. The first-order valence-corrected chi connectivity index (χ1v) is 8.01. The minimum atomic E-state index is -3.77. The summed E-state index contributed by atoms with van der Waals surface area (Å²) in [5, 5.41) is 5.03. The quantitative estimate of drug-likeness (QED) is 0.777. The Kier molecular flexibility index (Phi) is 4.40. The van der Waals surface area contributed by atoms with Crippen molar-refractivity contribution >= 4 is 21.7 Å². The number of nitrogens with two attached hydrogens (primary N) is 2. The van der Waals surface area contributed by atoms with Crippen molar-refractivity contribution in [3.63, 3.8) is 0 Å². The predicted octanol–water partition coefficient (Wildman–Crippen LogP) is -0.475. The van der Waals surface area contributed by atoms with E-state index < -0.39 is 22.0 Å². The fraction of sp³-hybridized carbons (Fsp3) is 0.385. The number of rotatable bonds is 4. The van der Waals surface area contributed by atoms with Crippen LogP contribution in [0.25, 0.3) is 0 Å². The molecule has 114 valence electrons. The van der Waals surface area contributed by atoms with Crippen LogP contribution in [0.4, 0.5) is 0 Å². The molecule has 21 heavy (non-hydrogen) atoms. The molecule has 0 spiro atoms. The third-order valence-corrected chi connectivity index (χ3v) is 4.44. The second kappa shape index (κ2) is 5.92. The van der Waals surface area contributed by atoms with E-state index in [0.717, 1.165) is 0 Å². The molecule has 0 bridgehead atoms. The zero-order valence-electron chi connectivity index (χ0n) is 11.4. The summed E-state index contributed by atoms with van der Waals surface area (Å²) in [6.45, 7) is 0.923. The van der Waals surface area contributed by atoms with Crippen molar-refractivity contribution < 1.29 is 18.0 Å². The molecule has 1 aromatic carbocycles. The van der Waals surface area contributed by atoms with Gasteiger partial charge in [-0.05, 0) is 17.7 Å². The summed E-state index contributed by atoms with van der Waals surface area (Å²) in [5.41, 5.74) is 6.04. The Morgan fingerprint density at radius 2 is 1.67 bits per heavy atom. The number of primary amides is 1. The van der Waals surface area contributed by atoms with Crippen LogP contribution in [0, 0.1) is 0 Å². The number of hydrogen-bond donors (Lipinski definition) is 2. The van der Waals surface area contributed by atoms with Crippen molar-refractivity contribution in [2.24, 2.45) is 10.9 Å². The first kappa shape index (κ1) is 15.6. The van der Waals surface area contributed by atoms with Crippen LogP contribution in [-0.2, 0) is 19.6 Å². The number of carbonyl (C=O) groups is 2. The number of amides is 1. The van der Waals surface area contributed by atoms with Gasteiger partial charge in [0, 0.05) is 25.9 Å². The Hall–Kier alpha value is -1.77. The van der Waals surface area contributed by atoms with Gasteiger partial charge in [-0.3, -0.25) is 14.5 Å². The highest BCUT2D eigenvalue weighted by Crippen LogP contribution is 2.24. The van der Waals surface area contributed by atoms with E-state index in [1.54, 1.807) is 0 Å². The van der Waals surface area contributed by atoms with Crippen molar-refractivity contribution in [3.8, 4) is 0 Å². The molecule has 0 saturated carbocycles. The molecule has 8 heteroatoms. The molecule has 1 aromatic rings. The summed E-state index contributed by atoms with van der Waals surface area (Å²) < 4.78 is 22.4. The fourth-order valence-corrected chi connectivity index (χ4v) is 2.94. The summed E-state index contributed by atoms with van der Waals surface area (Å²) >= 11 is 0. The fourth-order valence-electron chi connectivity index (χ4n) is 2.43. The standard InChI is InChI=1S/C13H17N3O4S/c14-13(18)12(16-7-5-10(17)6-8-16)9-1-3-11(4-2-9)21(15,19)20/h1-4,12H,5-8H2,(H2,14,18)(H2,15,19,20). The second-order valence-corrected chi connectivity index (χ2v) is 6.56. The SMILES string of the molecule is NC(=O)C(c1ccc(S(N)(=O)=O)cc1)N1CCC(=O)CC1. The Balaban J connectivity index is 2.26. The largest absolute Gasteiger partial charge is 0.368 e. The normalized spacial score (nSPS) is 18.4. The monoisotopic (exact) mass is 311 g/mol. The van der Waals surface area contributed by atoms with Crippen LogP contribution >= 0.6 is 0 Å². The van der Waals surface area contributed by atoms with E-state index in [4.69, 9.17) is 10.9 Å².